The van der Waals surface area contributed by atoms with E-state index in [1.165, 1.54) is 19.3 Å². The van der Waals surface area contributed by atoms with Gasteiger partial charge in [0.15, 0.2) is 11.5 Å². The first kappa shape index (κ1) is 13.4. The standard InChI is InChI=1S/C16H21NO3/c18-14(13-4-2-1-3-5-13)10-17-9-12-6-7-15-16(8-12)20-11-19-15/h6-8,13,17H,1-5,9-11H2. The second kappa shape index (κ2) is 6.27. The molecule has 1 aliphatic carbocycles. The predicted octanol–water partition coefficient (Wildman–Crippen LogP) is 2.65. The average molecular weight is 275 g/mol. The Morgan fingerprint density at radius 3 is 2.80 bits per heavy atom. The lowest BCUT2D eigenvalue weighted by Gasteiger charge is -2.20. The van der Waals surface area contributed by atoms with Gasteiger partial charge in [0, 0.05) is 12.5 Å². The molecule has 0 atom stereocenters. The molecular weight excluding hydrogens is 254 g/mol. The van der Waals surface area contributed by atoms with Gasteiger partial charge in [-0.05, 0) is 30.5 Å². The van der Waals surface area contributed by atoms with E-state index in [0.29, 0.717) is 25.7 Å². The molecule has 1 N–H and O–H groups in total. The molecule has 1 aliphatic heterocycles. The Morgan fingerprint density at radius 2 is 1.95 bits per heavy atom. The topological polar surface area (TPSA) is 47.6 Å². The van der Waals surface area contributed by atoms with Gasteiger partial charge >= 0.3 is 0 Å². The fraction of sp³-hybridized carbons (Fsp3) is 0.562. The van der Waals surface area contributed by atoms with Crippen LogP contribution >= 0.6 is 0 Å². The number of nitrogens with one attached hydrogen (secondary N) is 1. The fourth-order valence-corrected chi connectivity index (χ4v) is 2.95. The number of Topliss-reactive ketones (excluding diaryl/α,β-unsaturated/α-hetero) is 1. The Balaban J connectivity index is 1.46. The summed E-state index contributed by atoms with van der Waals surface area (Å²) < 4.78 is 10.6. The van der Waals surface area contributed by atoms with Crippen LogP contribution in [0.4, 0.5) is 0 Å². The van der Waals surface area contributed by atoms with Crippen LogP contribution in [-0.2, 0) is 11.3 Å². The minimum Gasteiger partial charge on any atom is -0.454 e. The zero-order valence-electron chi connectivity index (χ0n) is 11.7. The Labute approximate surface area is 119 Å². The first-order valence-corrected chi connectivity index (χ1v) is 7.45. The van der Waals surface area contributed by atoms with Crippen molar-refractivity contribution in [2.45, 2.75) is 38.6 Å². The van der Waals surface area contributed by atoms with Gasteiger partial charge in [-0.3, -0.25) is 4.79 Å². The number of fused-ring (bicyclic) bond motifs is 1. The molecule has 1 fully saturated rings. The van der Waals surface area contributed by atoms with Crippen molar-refractivity contribution < 1.29 is 14.3 Å². The van der Waals surface area contributed by atoms with Crippen LogP contribution in [-0.4, -0.2) is 19.1 Å². The van der Waals surface area contributed by atoms with Crippen molar-refractivity contribution in [3.8, 4) is 11.5 Å². The zero-order valence-corrected chi connectivity index (χ0v) is 11.7. The molecule has 108 valence electrons. The lowest BCUT2D eigenvalue weighted by atomic mass is 9.86. The zero-order chi connectivity index (χ0) is 13.8. The molecule has 4 heteroatoms. The quantitative estimate of drug-likeness (QED) is 0.897. The van der Waals surface area contributed by atoms with Gasteiger partial charge in [0.1, 0.15) is 5.78 Å². The number of ether oxygens (including phenoxy) is 2. The summed E-state index contributed by atoms with van der Waals surface area (Å²) in [5.41, 5.74) is 1.12. The van der Waals surface area contributed by atoms with Crippen molar-refractivity contribution in [2.24, 2.45) is 5.92 Å². The number of carbonyl (C=O) groups excluding carboxylic acids is 1. The van der Waals surface area contributed by atoms with E-state index in [1.54, 1.807) is 0 Å². The summed E-state index contributed by atoms with van der Waals surface area (Å²) in [5, 5.41) is 3.24. The number of hydrogen-bond acceptors (Lipinski definition) is 4. The van der Waals surface area contributed by atoms with Crippen LogP contribution in [0.5, 0.6) is 11.5 Å². The van der Waals surface area contributed by atoms with Crippen molar-refractivity contribution in [2.75, 3.05) is 13.3 Å². The number of hydrogen-bond donors (Lipinski definition) is 1. The van der Waals surface area contributed by atoms with Crippen molar-refractivity contribution >= 4 is 5.78 Å². The summed E-state index contributed by atoms with van der Waals surface area (Å²) in [5.74, 6) is 2.24. The third-order valence-corrected chi connectivity index (χ3v) is 4.13. The van der Waals surface area contributed by atoms with Crippen molar-refractivity contribution in [1.29, 1.82) is 0 Å². The molecule has 1 heterocycles. The molecule has 2 aliphatic rings. The first-order chi connectivity index (χ1) is 9.83. The third kappa shape index (κ3) is 3.12. The van der Waals surface area contributed by atoms with E-state index in [4.69, 9.17) is 9.47 Å². The van der Waals surface area contributed by atoms with E-state index >= 15 is 0 Å². The molecule has 4 nitrogen and oxygen atoms in total. The number of benzene rings is 1. The minimum atomic E-state index is 0.285. The number of ketones is 1. The van der Waals surface area contributed by atoms with E-state index in [-0.39, 0.29) is 5.92 Å². The molecule has 3 rings (SSSR count). The Hall–Kier alpha value is -1.55. The molecule has 0 spiro atoms. The van der Waals surface area contributed by atoms with Gasteiger partial charge in [0.2, 0.25) is 6.79 Å². The van der Waals surface area contributed by atoms with Crippen LogP contribution in [0.3, 0.4) is 0 Å². The molecule has 0 aromatic heterocycles. The number of carbonyl (C=O) groups is 1. The van der Waals surface area contributed by atoms with Gasteiger partial charge in [-0.15, -0.1) is 0 Å². The lowest BCUT2D eigenvalue weighted by Crippen LogP contribution is -2.29. The SMILES string of the molecule is O=C(CNCc1ccc2c(c1)OCO2)C1CCCCC1. The lowest BCUT2D eigenvalue weighted by molar-refractivity contribution is -0.122. The van der Waals surface area contributed by atoms with Crippen LogP contribution < -0.4 is 14.8 Å². The first-order valence-electron chi connectivity index (χ1n) is 7.45. The Morgan fingerprint density at radius 1 is 1.15 bits per heavy atom. The average Bonchev–Trinajstić information content (AvgIpc) is 2.95. The van der Waals surface area contributed by atoms with Crippen LogP contribution in [0.2, 0.25) is 0 Å². The second-order valence-electron chi connectivity index (χ2n) is 5.59. The highest BCUT2D eigenvalue weighted by atomic mass is 16.7. The monoisotopic (exact) mass is 275 g/mol. The van der Waals surface area contributed by atoms with E-state index in [1.807, 2.05) is 18.2 Å². The minimum absolute atomic E-state index is 0.285. The largest absolute Gasteiger partial charge is 0.454 e. The van der Waals surface area contributed by atoms with Gasteiger partial charge in [0.05, 0.1) is 6.54 Å². The van der Waals surface area contributed by atoms with Crippen LogP contribution in [0.1, 0.15) is 37.7 Å². The van der Waals surface area contributed by atoms with Gasteiger partial charge in [-0.1, -0.05) is 25.3 Å². The summed E-state index contributed by atoms with van der Waals surface area (Å²) in [7, 11) is 0. The smallest absolute Gasteiger partial charge is 0.231 e. The third-order valence-electron chi connectivity index (χ3n) is 4.13. The van der Waals surface area contributed by atoms with E-state index in [2.05, 4.69) is 5.32 Å². The van der Waals surface area contributed by atoms with Crippen LogP contribution in [0.15, 0.2) is 18.2 Å². The summed E-state index contributed by atoms with van der Waals surface area (Å²) in [6.07, 6.45) is 5.85. The van der Waals surface area contributed by atoms with Crippen molar-refractivity contribution in [3.63, 3.8) is 0 Å². The van der Waals surface area contributed by atoms with E-state index in [0.717, 1.165) is 29.9 Å². The summed E-state index contributed by atoms with van der Waals surface area (Å²) in [4.78, 5) is 12.1. The maximum Gasteiger partial charge on any atom is 0.231 e. The molecule has 1 aromatic rings. The molecule has 0 saturated heterocycles. The highest BCUT2D eigenvalue weighted by Crippen LogP contribution is 2.32. The van der Waals surface area contributed by atoms with Gasteiger partial charge in [-0.2, -0.15) is 0 Å². The van der Waals surface area contributed by atoms with E-state index in [9.17, 15) is 4.79 Å². The maximum atomic E-state index is 12.1. The molecule has 20 heavy (non-hydrogen) atoms. The van der Waals surface area contributed by atoms with Crippen molar-refractivity contribution in [1.82, 2.24) is 5.32 Å². The Kier molecular flexibility index (Phi) is 4.21. The molecule has 1 aromatic carbocycles. The molecule has 1 saturated carbocycles. The highest BCUT2D eigenvalue weighted by Gasteiger charge is 2.20. The second-order valence-corrected chi connectivity index (χ2v) is 5.59. The van der Waals surface area contributed by atoms with Crippen molar-refractivity contribution in [3.05, 3.63) is 23.8 Å². The molecule has 0 amide bonds. The molecule has 0 radical (unpaired) electrons. The van der Waals surface area contributed by atoms with Gasteiger partial charge < -0.3 is 14.8 Å². The Bertz CT molecular complexity index is 481. The summed E-state index contributed by atoms with van der Waals surface area (Å²) in [6, 6.07) is 5.90. The van der Waals surface area contributed by atoms with Gasteiger partial charge in [-0.25, -0.2) is 0 Å². The summed E-state index contributed by atoms with van der Waals surface area (Å²) in [6.45, 7) is 1.46. The number of rotatable bonds is 5. The predicted molar refractivity (Wildman–Crippen MR) is 75.9 cm³/mol. The van der Waals surface area contributed by atoms with Crippen LogP contribution in [0, 0.1) is 5.92 Å². The highest BCUT2D eigenvalue weighted by molar-refractivity contribution is 5.83. The molecular formula is C16H21NO3. The summed E-state index contributed by atoms with van der Waals surface area (Å²) >= 11 is 0. The van der Waals surface area contributed by atoms with Crippen LogP contribution in [0.25, 0.3) is 0 Å². The van der Waals surface area contributed by atoms with E-state index < -0.39 is 0 Å². The normalized spacial score (nSPS) is 18.2. The maximum absolute atomic E-state index is 12.1. The fourth-order valence-electron chi connectivity index (χ4n) is 2.95. The molecule has 0 unspecified atom stereocenters. The van der Waals surface area contributed by atoms with Gasteiger partial charge in [0.25, 0.3) is 0 Å². The molecule has 0 bridgehead atoms.